The number of methoxy groups -OCH3 is 1. The first kappa shape index (κ1) is 11.4. The van der Waals surface area contributed by atoms with Gasteiger partial charge in [-0.2, -0.15) is 0 Å². The van der Waals surface area contributed by atoms with Crippen LogP contribution in [0.2, 0.25) is 0 Å². The molecule has 0 saturated carbocycles. The zero-order chi connectivity index (χ0) is 10.7. The molecule has 78 valence electrons. The number of hydrogen-bond acceptors (Lipinski definition) is 2. The Labute approximate surface area is 88.6 Å². The van der Waals surface area contributed by atoms with Crippen LogP contribution in [0.25, 0.3) is 0 Å². The fraction of sp³-hybridized carbons (Fsp3) is 0.333. The van der Waals surface area contributed by atoms with Gasteiger partial charge in [0, 0.05) is 10.0 Å². The van der Waals surface area contributed by atoms with Crippen molar-refractivity contribution in [3.05, 3.63) is 28.2 Å². The zero-order valence-electron chi connectivity index (χ0n) is 7.38. The molecule has 0 aliphatic carbocycles. The van der Waals surface area contributed by atoms with E-state index in [1.807, 2.05) is 0 Å². The van der Waals surface area contributed by atoms with Crippen molar-refractivity contribution >= 4 is 15.9 Å². The zero-order valence-corrected chi connectivity index (χ0v) is 8.96. The molecule has 2 nitrogen and oxygen atoms in total. The highest BCUT2D eigenvalue weighted by Gasteiger charge is 2.22. The molecule has 14 heavy (non-hydrogen) atoms. The van der Waals surface area contributed by atoms with Gasteiger partial charge in [-0.25, -0.2) is 8.78 Å². The predicted octanol–water partition coefficient (Wildman–Crippen LogP) is 2.76. The lowest BCUT2D eigenvalue weighted by molar-refractivity contribution is -0.00699. The molecular formula is C9H9BrF2O2. The Hall–Kier alpha value is -0.680. The van der Waals surface area contributed by atoms with E-state index in [4.69, 9.17) is 9.84 Å². The summed E-state index contributed by atoms with van der Waals surface area (Å²) in [7, 11) is 1.36. The summed E-state index contributed by atoms with van der Waals surface area (Å²) >= 11 is 3.17. The van der Waals surface area contributed by atoms with Crippen LogP contribution in [0.1, 0.15) is 11.7 Å². The molecule has 1 atom stereocenters. The monoisotopic (exact) mass is 266 g/mol. The lowest BCUT2D eigenvalue weighted by atomic mass is 10.1. The summed E-state index contributed by atoms with van der Waals surface area (Å²) in [5, 5.41) is 9.16. The molecule has 0 saturated heterocycles. The topological polar surface area (TPSA) is 29.5 Å². The van der Waals surface area contributed by atoms with E-state index in [-0.39, 0.29) is 11.3 Å². The molecule has 0 aromatic heterocycles. The Balaban J connectivity index is 3.07. The lowest BCUT2D eigenvalue weighted by Crippen LogP contribution is -2.09. The first-order chi connectivity index (χ1) is 6.56. The summed E-state index contributed by atoms with van der Waals surface area (Å²) in [6.45, 7) is 0. The van der Waals surface area contributed by atoms with Crippen molar-refractivity contribution in [1.82, 2.24) is 0 Å². The van der Waals surface area contributed by atoms with Crippen LogP contribution in [0.5, 0.6) is 5.75 Å². The van der Waals surface area contributed by atoms with Crippen molar-refractivity contribution in [1.29, 1.82) is 0 Å². The third-order valence-corrected chi connectivity index (χ3v) is 2.25. The highest BCUT2D eigenvalue weighted by molar-refractivity contribution is 9.10. The van der Waals surface area contributed by atoms with Gasteiger partial charge in [0.25, 0.3) is 6.43 Å². The van der Waals surface area contributed by atoms with E-state index >= 15 is 0 Å². The minimum atomic E-state index is -2.81. The first-order valence-corrected chi connectivity index (χ1v) is 4.65. The molecule has 5 heteroatoms. The fourth-order valence-electron chi connectivity index (χ4n) is 1.07. The van der Waals surface area contributed by atoms with Crippen molar-refractivity contribution < 1.29 is 18.6 Å². The second kappa shape index (κ2) is 4.70. The highest BCUT2D eigenvalue weighted by Crippen LogP contribution is 2.31. The Kier molecular flexibility index (Phi) is 3.83. The van der Waals surface area contributed by atoms with E-state index in [1.165, 1.54) is 19.2 Å². The van der Waals surface area contributed by atoms with Gasteiger partial charge < -0.3 is 9.84 Å². The van der Waals surface area contributed by atoms with Gasteiger partial charge in [-0.1, -0.05) is 22.0 Å². The number of rotatable bonds is 3. The van der Waals surface area contributed by atoms with Crippen LogP contribution in [-0.2, 0) is 0 Å². The van der Waals surface area contributed by atoms with Gasteiger partial charge >= 0.3 is 0 Å². The number of aliphatic hydroxyl groups excluding tert-OH is 1. The molecule has 0 spiro atoms. The quantitative estimate of drug-likeness (QED) is 0.912. The molecule has 0 bridgehead atoms. The van der Waals surface area contributed by atoms with E-state index in [1.54, 1.807) is 6.07 Å². The number of alkyl halides is 2. The third-order valence-electron chi connectivity index (χ3n) is 1.75. The molecule has 1 rings (SSSR count). The number of benzene rings is 1. The third kappa shape index (κ3) is 2.42. The maximum atomic E-state index is 12.2. The van der Waals surface area contributed by atoms with Gasteiger partial charge in [0.15, 0.2) is 0 Å². The molecule has 0 amide bonds. The van der Waals surface area contributed by atoms with Crippen LogP contribution in [0.4, 0.5) is 8.78 Å². The van der Waals surface area contributed by atoms with Gasteiger partial charge in [0.1, 0.15) is 11.9 Å². The lowest BCUT2D eigenvalue weighted by Gasteiger charge is -2.13. The SMILES string of the molecule is COc1cc(Br)ccc1C(O)C(F)F. The molecule has 0 fully saturated rings. The molecule has 1 N–H and O–H groups in total. The van der Waals surface area contributed by atoms with Gasteiger partial charge in [-0.15, -0.1) is 0 Å². The second-order valence-electron chi connectivity index (χ2n) is 2.67. The molecule has 0 heterocycles. The number of aliphatic hydroxyl groups is 1. The molecular weight excluding hydrogens is 258 g/mol. The molecule has 0 radical (unpaired) electrons. The highest BCUT2D eigenvalue weighted by atomic mass is 79.9. The Morgan fingerprint density at radius 3 is 2.57 bits per heavy atom. The van der Waals surface area contributed by atoms with Gasteiger partial charge in [0.05, 0.1) is 7.11 Å². The summed E-state index contributed by atoms with van der Waals surface area (Å²) in [5.74, 6) is 0.243. The van der Waals surface area contributed by atoms with Crippen molar-refractivity contribution in [3.63, 3.8) is 0 Å². The van der Waals surface area contributed by atoms with E-state index in [9.17, 15) is 8.78 Å². The van der Waals surface area contributed by atoms with Crippen LogP contribution in [0.15, 0.2) is 22.7 Å². The van der Waals surface area contributed by atoms with Crippen LogP contribution in [0.3, 0.4) is 0 Å². The molecule has 1 unspecified atom stereocenters. The normalized spacial score (nSPS) is 13.0. The molecule has 1 aromatic rings. The standard InChI is InChI=1S/C9H9BrF2O2/c1-14-7-4-5(10)2-3-6(7)8(13)9(11)12/h2-4,8-9,13H,1H3. The summed E-state index contributed by atoms with van der Waals surface area (Å²) in [5.41, 5.74) is 0.0886. The Morgan fingerprint density at radius 2 is 2.07 bits per heavy atom. The summed E-state index contributed by atoms with van der Waals surface area (Å²) in [4.78, 5) is 0. The maximum absolute atomic E-state index is 12.2. The molecule has 0 aliphatic rings. The Bertz CT molecular complexity index is 318. The largest absolute Gasteiger partial charge is 0.496 e. The smallest absolute Gasteiger partial charge is 0.268 e. The van der Waals surface area contributed by atoms with Crippen molar-refractivity contribution in [2.45, 2.75) is 12.5 Å². The van der Waals surface area contributed by atoms with Crippen molar-refractivity contribution in [2.24, 2.45) is 0 Å². The second-order valence-corrected chi connectivity index (χ2v) is 3.58. The molecule has 0 aliphatic heterocycles. The molecule has 1 aromatic carbocycles. The van der Waals surface area contributed by atoms with E-state index < -0.39 is 12.5 Å². The minimum absolute atomic E-state index is 0.0886. The average Bonchev–Trinajstić information content (AvgIpc) is 2.16. The van der Waals surface area contributed by atoms with E-state index in [0.29, 0.717) is 4.47 Å². The van der Waals surface area contributed by atoms with Gasteiger partial charge in [-0.05, 0) is 12.1 Å². The van der Waals surface area contributed by atoms with Crippen molar-refractivity contribution in [2.75, 3.05) is 7.11 Å². The number of ether oxygens (including phenoxy) is 1. The van der Waals surface area contributed by atoms with E-state index in [2.05, 4.69) is 15.9 Å². The minimum Gasteiger partial charge on any atom is -0.496 e. The van der Waals surface area contributed by atoms with Crippen LogP contribution in [0, 0.1) is 0 Å². The van der Waals surface area contributed by atoms with Gasteiger partial charge in [-0.3, -0.25) is 0 Å². The average molecular weight is 267 g/mol. The fourth-order valence-corrected chi connectivity index (χ4v) is 1.41. The number of halogens is 3. The maximum Gasteiger partial charge on any atom is 0.268 e. The number of hydrogen-bond donors (Lipinski definition) is 1. The van der Waals surface area contributed by atoms with Crippen LogP contribution < -0.4 is 4.74 Å². The predicted molar refractivity (Wildman–Crippen MR) is 51.7 cm³/mol. The van der Waals surface area contributed by atoms with E-state index in [0.717, 1.165) is 0 Å². The summed E-state index contributed by atoms with van der Waals surface area (Å²) < 4.78 is 30.0. The van der Waals surface area contributed by atoms with Crippen molar-refractivity contribution in [3.8, 4) is 5.75 Å². The van der Waals surface area contributed by atoms with Crippen LogP contribution in [-0.4, -0.2) is 18.6 Å². The summed E-state index contributed by atoms with van der Waals surface area (Å²) in [6.07, 6.45) is -4.62. The van der Waals surface area contributed by atoms with Gasteiger partial charge in [0.2, 0.25) is 0 Å². The Morgan fingerprint density at radius 1 is 1.43 bits per heavy atom. The first-order valence-electron chi connectivity index (χ1n) is 3.86. The van der Waals surface area contributed by atoms with Crippen LogP contribution >= 0.6 is 15.9 Å². The summed E-state index contributed by atoms with van der Waals surface area (Å²) in [6, 6.07) is 4.50.